The molecule has 4 atom stereocenters. The van der Waals surface area contributed by atoms with Crippen molar-refractivity contribution >= 4 is 23.2 Å². The van der Waals surface area contributed by atoms with Gasteiger partial charge in [0.15, 0.2) is 17.0 Å². The number of hydrogen-bond acceptors (Lipinski definition) is 6. The molecular formula is C26H24ClN3O5. The van der Waals surface area contributed by atoms with Crippen molar-refractivity contribution in [3.05, 3.63) is 98.6 Å². The van der Waals surface area contributed by atoms with Gasteiger partial charge in [0.25, 0.3) is 11.9 Å². The van der Waals surface area contributed by atoms with Crippen LogP contribution in [-0.4, -0.2) is 30.0 Å². The Kier molecular flexibility index (Phi) is 5.86. The molecule has 2 aliphatic rings. The molecule has 3 aromatic carbocycles. The molecule has 3 aromatic rings. The Morgan fingerprint density at radius 2 is 1.83 bits per heavy atom. The molecule has 0 saturated carbocycles. The predicted octanol–water partition coefficient (Wildman–Crippen LogP) is 4.50. The minimum Gasteiger partial charge on any atom is -0.493 e. The van der Waals surface area contributed by atoms with Gasteiger partial charge in [0.1, 0.15) is 6.61 Å². The molecule has 0 aromatic heterocycles. The van der Waals surface area contributed by atoms with Crippen LogP contribution in [0, 0.1) is 10.1 Å². The number of anilines is 1. The highest BCUT2D eigenvalue weighted by Gasteiger charge is 2.67. The minimum atomic E-state index is -1.46. The van der Waals surface area contributed by atoms with E-state index in [1.807, 2.05) is 19.1 Å². The zero-order chi connectivity index (χ0) is 24.7. The summed E-state index contributed by atoms with van der Waals surface area (Å²) in [6.45, 7) is 2.17. The topological polar surface area (TPSA) is 103 Å². The predicted molar refractivity (Wildman–Crippen MR) is 132 cm³/mol. The monoisotopic (exact) mass is 493 g/mol. The quantitative estimate of drug-likeness (QED) is 0.387. The summed E-state index contributed by atoms with van der Waals surface area (Å²) in [6.07, 6.45) is 0. The summed E-state index contributed by atoms with van der Waals surface area (Å²) in [5.41, 5.74) is 1.36. The third kappa shape index (κ3) is 3.79. The summed E-state index contributed by atoms with van der Waals surface area (Å²) in [7, 11) is 1.53. The van der Waals surface area contributed by atoms with E-state index in [0.717, 1.165) is 5.56 Å². The van der Waals surface area contributed by atoms with Gasteiger partial charge >= 0.3 is 0 Å². The molecule has 8 nitrogen and oxygen atoms in total. The Labute approximate surface area is 207 Å². The number of benzene rings is 3. The Morgan fingerprint density at radius 1 is 1.09 bits per heavy atom. The summed E-state index contributed by atoms with van der Waals surface area (Å²) in [5, 5.41) is 19.2. The number of carbonyl (C=O) groups is 1. The number of hydrogen-bond donors (Lipinski definition) is 2. The Bertz CT molecular complexity index is 1300. The third-order valence-electron chi connectivity index (χ3n) is 6.84. The Morgan fingerprint density at radius 3 is 2.54 bits per heavy atom. The highest BCUT2D eigenvalue weighted by Crippen LogP contribution is 2.50. The van der Waals surface area contributed by atoms with E-state index in [2.05, 4.69) is 10.6 Å². The van der Waals surface area contributed by atoms with Gasteiger partial charge in [0.05, 0.1) is 13.0 Å². The average molecular weight is 494 g/mol. The molecule has 1 saturated heterocycles. The largest absolute Gasteiger partial charge is 0.493 e. The molecule has 180 valence electrons. The van der Waals surface area contributed by atoms with Crippen molar-refractivity contribution in [2.75, 3.05) is 12.4 Å². The van der Waals surface area contributed by atoms with E-state index in [1.54, 1.807) is 54.6 Å². The minimum absolute atomic E-state index is 0.311. The van der Waals surface area contributed by atoms with Gasteiger partial charge in [0, 0.05) is 27.2 Å². The molecular weight excluding hydrogens is 470 g/mol. The molecule has 9 heteroatoms. The lowest BCUT2D eigenvalue weighted by Crippen LogP contribution is -2.54. The van der Waals surface area contributed by atoms with Crippen LogP contribution < -0.4 is 20.1 Å². The lowest BCUT2D eigenvalue weighted by atomic mass is 9.78. The number of para-hydroxylation sites is 1. The van der Waals surface area contributed by atoms with Gasteiger partial charge in [-0.3, -0.25) is 20.2 Å². The second kappa shape index (κ2) is 8.87. The van der Waals surface area contributed by atoms with Crippen LogP contribution in [0.5, 0.6) is 11.5 Å². The summed E-state index contributed by atoms with van der Waals surface area (Å²) in [6, 6.07) is 18.2. The second-order valence-electron chi connectivity index (χ2n) is 8.82. The Balaban J connectivity index is 1.48. The number of ether oxygens (including phenoxy) is 2. The number of nitrogens with one attached hydrogen (secondary N) is 2. The zero-order valence-corrected chi connectivity index (χ0v) is 19.9. The van der Waals surface area contributed by atoms with Crippen molar-refractivity contribution in [2.45, 2.75) is 37.1 Å². The fourth-order valence-electron chi connectivity index (χ4n) is 5.31. The SMILES string of the molecule is COc1cc([C@@H]2[C@H](C)N[C@@]3(C(=O)Nc4ccccc43)[C@H]2[N+](=O)[O-])ccc1OCc1ccc(Cl)cc1. The highest BCUT2D eigenvalue weighted by molar-refractivity contribution is 6.30. The first-order valence-corrected chi connectivity index (χ1v) is 11.6. The van der Waals surface area contributed by atoms with E-state index in [-0.39, 0.29) is 11.0 Å². The zero-order valence-electron chi connectivity index (χ0n) is 19.2. The number of methoxy groups -OCH3 is 1. The van der Waals surface area contributed by atoms with Crippen LogP contribution in [-0.2, 0) is 16.9 Å². The molecule has 2 aliphatic heterocycles. The van der Waals surface area contributed by atoms with Crippen LogP contribution in [0.2, 0.25) is 5.02 Å². The van der Waals surface area contributed by atoms with Crippen molar-refractivity contribution in [1.82, 2.24) is 5.32 Å². The fraction of sp³-hybridized carbons (Fsp3) is 0.269. The van der Waals surface area contributed by atoms with Gasteiger partial charge in [-0.1, -0.05) is 48.0 Å². The molecule has 2 N–H and O–H groups in total. The van der Waals surface area contributed by atoms with Crippen LogP contribution >= 0.6 is 11.6 Å². The van der Waals surface area contributed by atoms with E-state index in [0.29, 0.717) is 39.9 Å². The molecule has 5 rings (SSSR count). The molecule has 35 heavy (non-hydrogen) atoms. The lowest BCUT2D eigenvalue weighted by Gasteiger charge is -2.25. The van der Waals surface area contributed by atoms with Gasteiger partial charge in [-0.2, -0.15) is 0 Å². The summed E-state index contributed by atoms with van der Waals surface area (Å²) in [5.74, 6) is -0.0186. The van der Waals surface area contributed by atoms with Gasteiger partial charge in [-0.25, -0.2) is 0 Å². The normalized spacial score (nSPS) is 24.8. The molecule has 0 radical (unpaired) electrons. The van der Waals surface area contributed by atoms with Crippen LogP contribution in [0.15, 0.2) is 66.7 Å². The fourth-order valence-corrected chi connectivity index (χ4v) is 5.43. The first kappa shape index (κ1) is 23.1. The van der Waals surface area contributed by atoms with Gasteiger partial charge in [0.2, 0.25) is 0 Å². The number of halogens is 1. The smallest absolute Gasteiger partial charge is 0.256 e. The highest BCUT2D eigenvalue weighted by atomic mass is 35.5. The number of nitrogens with zero attached hydrogens (tertiary/aromatic N) is 1. The average Bonchev–Trinajstić information content (AvgIpc) is 3.32. The first-order chi connectivity index (χ1) is 16.8. The van der Waals surface area contributed by atoms with Crippen LogP contribution in [0.3, 0.4) is 0 Å². The van der Waals surface area contributed by atoms with E-state index in [4.69, 9.17) is 21.1 Å². The van der Waals surface area contributed by atoms with E-state index in [1.165, 1.54) is 7.11 Å². The summed E-state index contributed by atoms with van der Waals surface area (Å²) in [4.78, 5) is 25.3. The maximum Gasteiger partial charge on any atom is 0.256 e. The first-order valence-electron chi connectivity index (χ1n) is 11.2. The number of rotatable bonds is 6. The number of amides is 1. The molecule has 1 fully saturated rings. The molecule has 2 heterocycles. The van der Waals surface area contributed by atoms with Crippen LogP contribution in [0.1, 0.15) is 29.5 Å². The van der Waals surface area contributed by atoms with Gasteiger partial charge < -0.3 is 14.8 Å². The molecule has 1 amide bonds. The molecule has 0 unspecified atom stereocenters. The standard InChI is InChI=1S/C26H24ClN3O5/c1-15-23(24(30(32)33)26(29-15)19-5-3-4-6-20(19)28-25(26)31)17-9-12-21(22(13-17)34-2)35-14-16-7-10-18(27)11-8-16/h3-13,15,23-24,29H,14H2,1-2H3,(H,28,31)/t15-,23-,24-,26+/m0/s1. The molecule has 0 aliphatic carbocycles. The van der Waals surface area contributed by atoms with Crippen LogP contribution in [0.25, 0.3) is 0 Å². The third-order valence-corrected chi connectivity index (χ3v) is 7.10. The van der Waals surface area contributed by atoms with E-state index < -0.39 is 23.4 Å². The lowest BCUT2D eigenvalue weighted by molar-refractivity contribution is -0.532. The van der Waals surface area contributed by atoms with Crippen molar-refractivity contribution in [1.29, 1.82) is 0 Å². The van der Waals surface area contributed by atoms with Crippen molar-refractivity contribution in [3.63, 3.8) is 0 Å². The summed E-state index contributed by atoms with van der Waals surface area (Å²) >= 11 is 5.94. The van der Waals surface area contributed by atoms with Gasteiger partial charge in [-0.15, -0.1) is 0 Å². The summed E-state index contributed by atoms with van der Waals surface area (Å²) < 4.78 is 11.5. The van der Waals surface area contributed by atoms with E-state index >= 15 is 0 Å². The molecule has 1 spiro atoms. The number of nitro groups is 1. The second-order valence-corrected chi connectivity index (χ2v) is 9.26. The molecule has 0 bridgehead atoms. The van der Waals surface area contributed by atoms with E-state index in [9.17, 15) is 14.9 Å². The Hall–Kier alpha value is -3.62. The number of carbonyl (C=O) groups excluding carboxylic acids is 1. The maximum absolute atomic E-state index is 13.2. The number of fused-ring (bicyclic) bond motifs is 2. The van der Waals surface area contributed by atoms with Crippen molar-refractivity contribution in [2.24, 2.45) is 0 Å². The maximum atomic E-state index is 13.2. The van der Waals surface area contributed by atoms with Crippen molar-refractivity contribution in [3.8, 4) is 11.5 Å². The van der Waals surface area contributed by atoms with Gasteiger partial charge in [-0.05, 0) is 48.4 Å². The van der Waals surface area contributed by atoms with Crippen molar-refractivity contribution < 1.29 is 19.2 Å². The van der Waals surface area contributed by atoms with Crippen LogP contribution in [0.4, 0.5) is 5.69 Å².